The fourth-order valence-corrected chi connectivity index (χ4v) is 3.87. The number of hydrogen-bond acceptors (Lipinski definition) is 4. The molecule has 1 aromatic rings. The largest absolute Gasteiger partial charge is 0.147 e. The maximum atomic E-state index is 13.5. The van der Waals surface area contributed by atoms with Crippen LogP contribution in [0.25, 0.3) is 0 Å². The van der Waals surface area contributed by atoms with Crippen LogP contribution in [0.15, 0.2) is 18.3 Å². The van der Waals surface area contributed by atoms with Gasteiger partial charge in [-0.05, 0) is 0 Å². The van der Waals surface area contributed by atoms with Gasteiger partial charge in [0, 0.05) is 0 Å². The van der Waals surface area contributed by atoms with E-state index in [0.29, 0.717) is 18.8 Å². The zero-order valence-corrected chi connectivity index (χ0v) is 20.4. The van der Waals surface area contributed by atoms with Gasteiger partial charge in [0.2, 0.25) is 0 Å². The van der Waals surface area contributed by atoms with Crippen molar-refractivity contribution in [2.75, 3.05) is 18.5 Å². The van der Waals surface area contributed by atoms with Crippen LogP contribution in [-0.2, 0) is 16.0 Å². The summed E-state index contributed by atoms with van der Waals surface area (Å²) in [4.78, 5) is 43.6. The molecule has 1 aliphatic rings. The quantitative estimate of drug-likeness (QED) is 0.502. The molecule has 162 valence electrons. The Morgan fingerprint density at radius 2 is 2.00 bits per heavy atom. The maximum absolute atomic E-state index is 13.5. The van der Waals surface area contributed by atoms with Crippen LogP contribution in [-0.4, -0.2) is 64.3 Å². The number of nitrogens with zero attached hydrogens (tertiary/aromatic N) is 2. The van der Waals surface area contributed by atoms with Crippen molar-refractivity contribution in [2.24, 2.45) is 5.92 Å². The summed E-state index contributed by atoms with van der Waals surface area (Å²) >= 11 is -0.380. The topological polar surface area (TPSA) is 103 Å². The van der Waals surface area contributed by atoms with Crippen LogP contribution in [0.4, 0.5) is 10.6 Å². The standard InChI is InChI=1S/C19H30AsN5O3.ClH/c1-11(2)15(24-17(26)12(3)20-4)18(27)25-14(10-23-19(28)21-5)9-13-7-6-8-22-16(13)25;/h6-8,11-12,14-15,20H,9-10H2,1-5H3,(H,24,26)(H2,21,23,28);1H/t12-,14?,15-;/m0./s1. The van der Waals surface area contributed by atoms with E-state index in [9.17, 15) is 14.4 Å². The van der Waals surface area contributed by atoms with Crippen LogP contribution in [0.2, 0.25) is 10.4 Å². The Kier molecular flexibility index (Phi) is 9.93. The first-order valence-corrected chi connectivity index (χ1v) is 12.8. The monoisotopic (exact) mass is 487 g/mol. The molecule has 0 aromatic carbocycles. The molecule has 0 spiro atoms. The number of fused-ring (bicyclic) bond motifs is 1. The van der Waals surface area contributed by atoms with Crippen LogP contribution < -0.4 is 20.9 Å². The second-order valence-corrected chi connectivity index (χ2v) is 10.3. The minimum absolute atomic E-state index is 0. The van der Waals surface area contributed by atoms with Crippen LogP contribution in [0.3, 0.4) is 0 Å². The molecule has 29 heavy (non-hydrogen) atoms. The number of rotatable bonds is 7. The van der Waals surface area contributed by atoms with Crippen LogP contribution in [0, 0.1) is 5.92 Å². The zero-order chi connectivity index (χ0) is 20.8. The van der Waals surface area contributed by atoms with Gasteiger partial charge in [0.15, 0.2) is 0 Å². The molecule has 0 aliphatic carbocycles. The summed E-state index contributed by atoms with van der Waals surface area (Å²) in [5, 5.41) is 8.24. The third kappa shape index (κ3) is 6.09. The average molecular weight is 488 g/mol. The number of carbonyl (C=O) groups excluding carboxylic acids is 3. The number of pyridine rings is 1. The van der Waals surface area contributed by atoms with E-state index in [2.05, 4.69) is 26.6 Å². The summed E-state index contributed by atoms with van der Waals surface area (Å²) in [6, 6.07) is 2.60. The molecular weight excluding hydrogens is 457 g/mol. The van der Waals surface area contributed by atoms with E-state index in [1.807, 2.05) is 32.9 Å². The van der Waals surface area contributed by atoms with Crippen molar-refractivity contribution in [2.45, 2.75) is 49.7 Å². The molecule has 2 unspecified atom stereocenters. The first kappa shape index (κ1) is 25.2. The van der Waals surface area contributed by atoms with Crippen molar-refractivity contribution in [1.82, 2.24) is 20.9 Å². The Hall–Kier alpha value is -1.79. The molecule has 0 radical (unpaired) electrons. The second-order valence-electron chi connectivity index (χ2n) is 7.25. The molecule has 1 aromatic heterocycles. The minimum Gasteiger partial charge on any atom is -0.147 e. The van der Waals surface area contributed by atoms with Crippen LogP contribution in [0.1, 0.15) is 26.3 Å². The number of urea groups is 1. The first-order valence-electron chi connectivity index (χ1n) is 9.50. The molecule has 0 bridgehead atoms. The molecular formula is C19H31AsClN5O3. The second kappa shape index (κ2) is 11.4. The van der Waals surface area contributed by atoms with Gasteiger partial charge in [-0.1, -0.05) is 0 Å². The Morgan fingerprint density at radius 1 is 1.31 bits per heavy atom. The van der Waals surface area contributed by atoms with E-state index >= 15 is 0 Å². The van der Waals surface area contributed by atoms with Gasteiger partial charge >= 0.3 is 173 Å². The van der Waals surface area contributed by atoms with Gasteiger partial charge in [-0.25, -0.2) is 0 Å². The van der Waals surface area contributed by atoms with Crippen molar-refractivity contribution in [1.29, 1.82) is 0 Å². The van der Waals surface area contributed by atoms with Gasteiger partial charge in [0.25, 0.3) is 0 Å². The molecule has 10 heteroatoms. The molecule has 0 saturated heterocycles. The molecule has 1 aliphatic heterocycles. The first-order chi connectivity index (χ1) is 13.3. The van der Waals surface area contributed by atoms with E-state index in [1.54, 1.807) is 18.1 Å². The van der Waals surface area contributed by atoms with Crippen molar-refractivity contribution in [3.8, 4) is 0 Å². The van der Waals surface area contributed by atoms with E-state index in [-0.39, 0.29) is 62.7 Å². The summed E-state index contributed by atoms with van der Waals surface area (Å²) in [5.41, 5.74) is 3.03. The number of carbonyl (C=O) groups is 3. The number of halogens is 1. The van der Waals surface area contributed by atoms with Gasteiger partial charge in [-0.3, -0.25) is 0 Å². The van der Waals surface area contributed by atoms with Crippen LogP contribution in [0.5, 0.6) is 0 Å². The van der Waals surface area contributed by atoms with Crippen molar-refractivity contribution in [3.63, 3.8) is 0 Å². The summed E-state index contributed by atoms with van der Waals surface area (Å²) in [7, 11) is 1.55. The summed E-state index contributed by atoms with van der Waals surface area (Å²) in [5.74, 6) is 0.275. The van der Waals surface area contributed by atoms with Gasteiger partial charge in [-0.2, -0.15) is 0 Å². The van der Waals surface area contributed by atoms with Gasteiger partial charge in [0.1, 0.15) is 0 Å². The average Bonchev–Trinajstić information content (AvgIpc) is 3.06. The van der Waals surface area contributed by atoms with Crippen molar-refractivity contribution >= 4 is 51.8 Å². The summed E-state index contributed by atoms with van der Waals surface area (Å²) < 4.78 is -0.0382. The number of anilines is 1. The SMILES string of the molecule is CNC(=O)NCC1Cc2cccnc2N1C(=O)[C@@H](NC(=O)[C@H](C)[AsH]C)C(C)C.Cl. The molecule has 8 nitrogen and oxygen atoms in total. The van der Waals surface area contributed by atoms with Crippen molar-refractivity contribution in [3.05, 3.63) is 23.9 Å². The molecule has 0 saturated carbocycles. The summed E-state index contributed by atoms with van der Waals surface area (Å²) in [6.45, 7) is 6.05. The molecule has 2 heterocycles. The van der Waals surface area contributed by atoms with Gasteiger partial charge in [0.05, 0.1) is 0 Å². The predicted molar refractivity (Wildman–Crippen MR) is 118 cm³/mol. The molecule has 2 rings (SSSR count). The summed E-state index contributed by atoms with van der Waals surface area (Å²) in [6.07, 6.45) is 2.26. The van der Waals surface area contributed by atoms with E-state index in [4.69, 9.17) is 0 Å². The Morgan fingerprint density at radius 3 is 2.59 bits per heavy atom. The third-order valence-electron chi connectivity index (χ3n) is 4.94. The molecule has 4 amide bonds. The molecule has 4 atom stereocenters. The Bertz CT molecular complexity index is 734. The fourth-order valence-electron chi connectivity index (χ4n) is 3.14. The number of amides is 4. The van der Waals surface area contributed by atoms with E-state index in [1.165, 1.54) is 0 Å². The third-order valence-corrected chi connectivity index (χ3v) is 7.30. The fraction of sp³-hybridized carbons (Fsp3) is 0.579. The zero-order valence-electron chi connectivity index (χ0n) is 17.5. The smallest absolute Gasteiger partial charge is 0.147 e. The predicted octanol–water partition coefficient (Wildman–Crippen LogP) is 1.12. The van der Waals surface area contributed by atoms with Crippen molar-refractivity contribution < 1.29 is 14.4 Å². The Balaban J connectivity index is 0.00000420. The Labute approximate surface area is 185 Å². The molecule has 0 fully saturated rings. The maximum Gasteiger partial charge on any atom is -0.147 e. The van der Waals surface area contributed by atoms with Gasteiger partial charge < -0.3 is 0 Å². The van der Waals surface area contributed by atoms with E-state index < -0.39 is 6.04 Å². The number of nitrogens with one attached hydrogen (secondary N) is 3. The number of aromatic nitrogens is 1. The van der Waals surface area contributed by atoms with Gasteiger partial charge in [-0.15, -0.1) is 12.4 Å². The van der Waals surface area contributed by atoms with Crippen LogP contribution >= 0.6 is 12.4 Å². The number of hydrogen-bond donors (Lipinski definition) is 3. The molecule has 3 N–H and O–H groups in total. The normalized spacial score (nSPS) is 17.4. The van der Waals surface area contributed by atoms with E-state index in [0.717, 1.165) is 5.56 Å². The minimum atomic E-state index is -0.636.